The number of anilines is 1. The first-order valence-corrected chi connectivity index (χ1v) is 7.82. The fourth-order valence-electron chi connectivity index (χ4n) is 3.43. The van der Waals surface area contributed by atoms with E-state index in [1.54, 1.807) is 6.07 Å². The van der Waals surface area contributed by atoms with E-state index in [9.17, 15) is 4.39 Å². The molecule has 3 heteroatoms. The quantitative estimate of drug-likeness (QED) is 0.728. The number of nitrogens with two attached hydrogens (primary N) is 1. The average molecular weight is 304 g/mol. The van der Waals surface area contributed by atoms with Crippen LogP contribution in [0.15, 0.2) is 42.5 Å². The summed E-state index contributed by atoms with van der Waals surface area (Å²) in [6.45, 7) is 0. The number of nitrogen functional groups attached to an aromatic ring is 1. The molecule has 2 N–H and O–H groups in total. The number of para-hydroxylation sites is 1. The SMILES string of the molecule is Nc1ccccc1C1CCC(c2ccc(Cl)cc2F)CC1. The lowest BCUT2D eigenvalue weighted by Gasteiger charge is -2.30. The first-order chi connectivity index (χ1) is 10.1. The van der Waals surface area contributed by atoms with Crippen LogP contribution in [0.4, 0.5) is 10.1 Å². The molecule has 0 bridgehead atoms. The summed E-state index contributed by atoms with van der Waals surface area (Å²) in [6, 6.07) is 13.1. The summed E-state index contributed by atoms with van der Waals surface area (Å²) in [4.78, 5) is 0. The maximum Gasteiger partial charge on any atom is 0.128 e. The summed E-state index contributed by atoms with van der Waals surface area (Å²) in [5, 5.41) is 0.460. The van der Waals surface area contributed by atoms with Crippen LogP contribution >= 0.6 is 11.6 Å². The molecule has 110 valence electrons. The molecule has 2 aromatic rings. The summed E-state index contributed by atoms with van der Waals surface area (Å²) in [6.07, 6.45) is 4.11. The lowest BCUT2D eigenvalue weighted by atomic mass is 9.76. The van der Waals surface area contributed by atoms with E-state index in [2.05, 4.69) is 6.07 Å². The minimum atomic E-state index is -0.176. The number of benzene rings is 2. The topological polar surface area (TPSA) is 26.0 Å². The maximum absolute atomic E-state index is 14.0. The molecule has 3 rings (SSSR count). The fraction of sp³-hybridized carbons (Fsp3) is 0.333. The Morgan fingerprint density at radius 2 is 1.52 bits per heavy atom. The normalized spacial score (nSPS) is 22.2. The molecular formula is C18H19ClFN. The highest BCUT2D eigenvalue weighted by Gasteiger charge is 2.26. The van der Waals surface area contributed by atoms with Gasteiger partial charge >= 0.3 is 0 Å². The maximum atomic E-state index is 14.0. The molecule has 21 heavy (non-hydrogen) atoms. The van der Waals surface area contributed by atoms with Crippen molar-refractivity contribution in [3.8, 4) is 0 Å². The van der Waals surface area contributed by atoms with Gasteiger partial charge in [0.15, 0.2) is 0 Å². The smallest absolute Gasteiger partial charge is 0.128 e. The number of hydrogen-bond donors (Lipinski definition) is 1. The van der Waals surface area contributed by atoms with E-state index in [-0.39, 0.29) is 5.82 Å². The van der Waals surface area contributed by atoms with Crippen molar-refractivity contribution in [1.29, 1.82) is 0 Å². The summed E-state index contributed by atoms with van der Waals surface area (Å²) in [5.74, 6) is 0.617. The van der Waals surface area contributed by atoms with E-state index in [0.29, 0.717) is 16.9 Å². The van der Waals surface area contributed by atoms with Gasteiger partial charge in [-0.15, -0.1) is 0 Å². The fourth-order valence-corrected chi connectivity index (χ4v) is 3.59. The predicted octanol–water partition coefficient (Wildman–Crippen LogP) is 5.50. The molecule has 1 aliphatic rings. The molecule has 0 aromatic heterocycles. The van der Waals surface area contributed by atoms with E-state index >= 15 is 0 Å². The van der Waals surface area contributed by atoms with Crippen molar-refractivity contribution in [3.05, 3.63) is 64.4 Å². The largest absolute Gasteiger partial charge is 0.398 e. The molecule has 2 aromatic carbocycles. The summed E-state index contributed by atoms with van der Waals surface area (Å²) >= 11 is 5.82. The van der Waals surface area contributed by atoms with Crippen LogP contribution in [0.1, 0.15) is 48.6 Å². The van der Waals surface area contributed by atoms with Crippen molar-refractivity contribution in [1.82, 2.24) is 0 Å². The van der Waals surface area contributed by atoms with Gasteiger partial charge in [-0.1, -0.05) is 35.9 Å². The standard InChI is InChI=1S/C18H19ClFN/c19-14-9-10-15(17(20)11-14)12-5-7-13(8-6-12)16-3-1-2-4-18(16)21/h1-4,9-13H,5-8,21H2. The monoisotopic (exact) mass is 303 g/mol. The van der Waals surface area contributed by atoms with Gasteiger partial charge in [-0.2, -0.15) is 0 Å². The summed E-state index contributed by atoms with van der Waals surface area (Å²) < 4.78 is 14.0. The van der Waals surface area contributed by atoms with Crippen molar-refractivity contribution in [2.45, 2.75) is 37.5 Å². The van der Waals surface area contributed by atoms with Crippen LogP contribution in [0.2, 0.25) is 5.02 Å². The van der Waals surface area contributed by atoms with Crippen LogP contribution in [0, 0.1) is 5.82 Å². The molecule has 1 aliphatic carbocycles. The van der Waals surface area contributed by atoms with Crippen molar-refractivity contribution >= 4 is 17.3 Å². The zero-order valence-electron chi connectivity index (χ0n) is 11.9. The molecule has 0 radical (unpaired) electrons. The molecule has 0 saturated heterocycles. The van der Waals surface area contributed by atoms with Crippen LogP contribution in [-0.4, -0.2) is 0 Å². The first kappa shape index (κ1) is 14.4. The molecule has 0 unspecified atom stereocenters. The van der Waals surface area contributed by atoms with Gasteiger partial charge in [-0.25, -0.2) is 4.39 Å². The highest BCUT2D eigenvalue weighted by atomic mass is 35.5. The van der Waals surface area contributed by atoms with Crippen molar-refractivity contribution in [3.63, 3.8) is 0 Å². The van der Waals surface area contributed by atoms with Crippen LogP contribution in [-0.2, 0) is 0 Å². The highest BCUT2D eigenvalue weighted by molar-refractivity contribution is 6.30. The Balaban J connectivity index is 1.72. The van der Waals surface area contributed by atoms with Crippen molar-refractivity contribution < 1.29 is 4.39 Å². The van der Waals surface area contributed by atoms with Crippen LogP contribution in [0.25, 0.3) is 0 Å². The minimum Gasteiger partial charge on any atom is -0.398 e. The Bertz CT molecular complexity index is 633. The average Bonchev–Trinajstić information content (AvgIpc) is 2.48. The Morgan fingerprint density at radius 1 is 0.905 bits per heavy atom. The van der Waals surface area contributed by atoms with Crippen molar-refractivity contribution in [2.24, 2.45) is 0 Å². The Hall–Kier alpha value is -1.54. The second-order valence-corrected chi connectivity index (χ2v) is 6.28. The third-order valence-electron chi connectivity index (χ3n) is 4.57. The van der Waals surface area contributed by atoms with E-state index < -0.39 is 0 Å². The number of rotatable bonds is 2. The predicted molar refractivity (Wildman–Crippen MR) is 86.2 cm³/mol. The molecule has 0 amide bonds. The second kappa shape index (κ2) is 6.07. The second-order valence-electron chi connectivity index (χ2n) is 5.84. The lowest BCUT2D eigenvalue weighted by Crippen LogP contribution is -2.14. The third-order valence-corrected chi connectivity index (χ3v) is 4.80. The zero-order chi connectivity index (χ0) is 14.8. The van der Waals surface area contributed by atoms with Gasteiger partial charge in [0.1, 0.15) is 5.82 Å². The van der Waals surface area contributed by atoms with E-state index in [0.717, 1.165) is 36.9 Å². The molecular weight excluding hydrogens is 285 g/mol. The third kappa shape index (κ3) is 3.06. The highest BCUT2D eigenvalue weighted by Crippen LogP contribution is 2.42. The zero-order valence-corrected chi connectivity index (χ0v) is 12.6. The minimum absolute atomic E-state index is 0.176. The van der Waals surface area contributed by atoms with Gasteiger partial charge < -0.3 is 5.73 Å². The number of hydrogen-bond acceptors (Lipinski definition) is 1. The molecule has 0 spiro atoms. The number of halogens is 2. The van der Waals surface area contributed by atoms with Gasteiger partial charge in [0.25, 0.3) is 0 Å². The molecule has 0 aliphatic heterocycles. The van der Waals surface area contributed by atoms with Gasteiger partial charge in [0.2, 0.25) is 0 Å². The van der Waals surface area contributed by atoms with E-state index in [1.807, 2.05) is 24.3 Å². The molecule has 1 saturated carbocycles. The van der Waals surface area contributed by atoms with Gasteiger partial charge in [-0.3, -0.25) is 0 Å². The summed E-state index contributed by atoms with van der Waals surface area (Å²) in [7, 11) is 0. The van der Waals surface area contributed by atoms with Gasteiger partial charge in [0.05, 0.1) is 0 Å². The van der Waals surface area contributed by atoms with Crippen LogP contribution in [0.5, 0.6) is 0 Å². The van der Waals surface area contributed by atoms with Crippen molar-refractivity contribution in [2.75, 3.05) is 5.73 Å². The van der Waals surface area contributed by atoms with Gasteiger partial charge in [0, 0.05) is 10.7 Å². The molecule has 1 fully saturated rings. The van der Waals surface area contributed by atoms with Crippen LogP contribution in [0.3, 0.4) is 0 Å². The molecule has 0 heterocycles. The first-order valence-electron chi connectivity index (χ1n) is 7.44. The molecule has 0 atom stereocenters. The molecule has 1 nitrogen and oxygen atoms in total. The summed E-state index contributed by atoms with van der Waals surface area (Å²) in [5.41, 5.74) is 8.98. The van der Waals surface area contributed by atoms with E-state index in [1.165, 1.54) is 11.6 Å². The lowest BCUT2D eigenvalue weighted by molar-refractivity contribution is 0.388. The van der Waals surface area contributed by atoms with Crippen LogP contribution < -0.4 is 5.73 Å². The Labute approximate surface area is 129 Å². The van der Waals surface area contributed by atoms with Gasteiger partial charge in [-0.05, 0) is 66.8 Å². The Kier molecular flexibility index (Phi) is 4.16. The van der Waals surface area contributed by atoms with E-state index in [4.69, 9.17) is 17.3 Å². The Morgan fingerprint density at radius 3 is 2.14 bits per heavy atom.